The molecule has 0 aliphatic carbocycles. The molecule has 0 bridgehead atoms. The Morgan fingerprint density at radius 1 is 0.565 bits per heavy atom. The summed E-state index contributed by atoms with van der Waals surface area (Å²) >= 11 is 2.17. The molecule has 3 aromatic carbocycles. The Morgan fingerprint density at radius 3 is 1.65 bits per heavy atom. The van der Waals surface area contributed by atoms with E-state index in [1.54, 1.807) is 6.07 Å². The van der Waals surface area contributed by atoms with E-state index in [1.807, 2.05) is 24.3 Å². The molecule has 5 heteroatoms. The molecule has 0 heterocycles. The van der Waals surface area contributed by atoms with Crippen LogP contribution in [0.25, 0.3) is 22.3 Å². The van der Waals surface area contributed by atoms with Crippen molar-refractivity contribution in [2.75, 3.05) is 0 Å². The highest BCUT2D eigenvalue weighted by molar-refractivity contribution is 14.1. The van der Waals surface area contributed by atoms with Crippen LogP contribution >= 0.6 is 22.6 Å². The van der Waals surface area contributed by atoms with Crippen molar-refractivity contribution < 1.29 is 17.6 Å². The molecule has 0 nitrogen and oxygen atoms in total. The van der Waals surface area contributed by atoms with Gasteiger partial charge in [-0.3, -0.25) is 0 Å². The third-order valence-electron chi connectivity index (χ3n) is 3.44. The van der Waals surface area contributed by atoms with Crippen LogP contribution < -0.4 is 0 Å². The highest BCUT2D eigenvalue weighted by atomic mass is 127. The molecule has 3 aromatic rings. The molecular formula is C18H9F4I. The molecule has 0 aliphatic heterocycles. The van der Waals surface area contributed by atoms with E-state index in [2.05, 4.69) is 22.6 Å². The summed E-state index contributed by atoms with van der Waals surface area (Å²) in [6, 6.07) is 13.4. The van der Waals surface area contributed by atoms with Crippen LogP contribution in [0.1, 0.15) is 0 Å². The molecule has 0 spiro atoms. The first-order valence-electron chi connectivity index (χ1n) is 6.66. The zero-order valence-electron chi connectivity index (χ0n) is 11.6. The molecule has 23 heavy (non-hydrogen) atoms. The van der Waals surface area contributed by atoms with Gasteiger partial charge < -0.3 is 0 Å². The van der Waals surface area contributed by atoms with Crippen LogP contribution in [0.3, 0.4) is 0 Å². The van der Waals surface area contributed by atoms with Gasteiger partial charge in [0.05, 0.1) is 0 Å². The van der Waals surface area contributed by atoms with Gasteiger partial charge in [-0.15, -0.1) is 0 Å². The van der Waals surface area contributed by atoms with E-state index in [0.29, 0.717) is 5.56 Å². The Kier molecular flexibility index (Phi) is 4.39. The van der Waals surface area contributed by atoms with E-state index < -0.39 is 23.3 Å². The Labute approximate surface area is 143 Å². The Bertz CT molecular complexity index is 850. The fourth-order valence-electron chi connectivity index (χ4n) is 2.28. The van der Waals surface area contributed by atoms with Crippen LogP contribution in [-0.2, 0) is 0 Å². The molecule has 0 radical (unpaired) electrons. The highest BCUT2D eigenvalue weighted by Crippen LogP contribution is 2.30. The number of hydrogen-bond acceptors (Lipinski definition) is 0. The van der Waals surface area contributed by atoms with Gasteiger partial charge in [-0.1, -0.05) is 24.3 Å². The Hall–Kier alpha value is -1.89. The van der Waals surface area contributed by atoms with Crippen LogP contribution in [0.15, 0.2) is 54.6 Å². The minimum atomic E-state index is -1.57. The average Bonchev–Trinajstić information content (AvgIpc) is 2.53. The van der Waals surface area contributed by atoms with Gasteiger partial charge in [0.2, 0.25) is 0 Å². The number of hydrogen-bond donors (Lipinski definition) is 0. The van der Waals surface area contributed by atoms with Crippen LogP contribution in [0, 0.1) is 26.8 Å². The van der Waals surface area contributed by atoms with E-state index in [-0.39, 0.29) is 11.1 Å². The predicted octanol–water partition coefficient (Wildman–Crippen LogP) is 6.18. The maximum absolute atomic E-state index is 14.3. The Morgan fingerprint density at radius 2 is 1.09 bits per heavy atom. The summed E-state index contributed by atoms with van der Waals surface area (Å²) in [7, 11) is 0. The quantitative estimate of drug-likeness (QED) is 0.260. The van der Waals surface area contributed by atoms with Gasteiger partial charge in [0.1, 0.15) is 5.82 Å². The van der Waals surface area contributed by atoms with Gasteiger partial charge in [0.25, 0.3) is 0 Å². The van der Waals surface area contributed by atoms with Gasteiger partial charge >= 0.3 is 0 Å². The zero-order valence-corrected chi connectivity index (χ0v) is 13.7. The average molecular weight is 428 g/mol. The third-order valence-corrected chi connectivity index (χ3v) is 4.16. The van der Waals surface area contributed by atoms with Crippen molar-refractivity contribution in [1.29, 1.82) is 0 Å². The second kappa shape index (κ2) is 6.31. The number of halogens is 5. The van der Waals surface area contributed by atoms with Crippen LogP contribution in [0.2, 0.25) is 0 Å². The molecule has 0 saturated heterocycles. The van der Waals surface area contributed by atoms with Crippen molar-refractivity contribution in [2.24, 2.45) is 0 Å². The normalized spacial score (nSPS) is 10.8. The molecule has 0 saturated carbocycles. The summed E-state index contributed by atoms with van der Waals surface area (Å²) in [6.07, 6.45) is 0. The second-order valence-corrected chi connectivity index (χ2v) is 6.20. The van der Waals surface area contributed by atoms with Crippen LogP contribution in [0.5, 0.6) is 0 Å². The minimum absolute atomic E-state index is 0.0112. The molecular weight excluding hydrogens is 419 g/mol. The van der Waals surface area contributed by atoms with Crippen molar-refractivity contribution >= 4 is 22.6 Å². The van der Waals surface area contributed by atoms with Gasteiger partial charge in [-0.2, -0.15) is 0 Å². The van der Waals surface area contributed by atoms with Gasteiger partial charge in [0, 0.05) is 9.13 Å². The summed E-state index contributed by atoms with van der Waals surface area (Å²) in [4.78, 5) is 0. The fourth-order valence-corrected chi connectivity index (χ4v) is 2.64. The predicted molar refractivity (Wildman–Crippen MR) is 89.9 cm³/mol. The van der Waals surface area contributed by atoms with Gasteiger partial charge in [0.15, 0.2) is 17.5 Å². The zero-order chi connectivity index (χ0) is 16.6. The van der Waals surface area contributed by atoms with Crippen molar-refractivity contribution in [2.45, 2.75) is 0 Å². The summed E-state index contributed by atoms with van der Waals surface area (Å²) in [5.74, 6) is -4.89. The first-order chi connectivity index (χ1) is 11.0. The van der Waals surface area contributed by atoms with Crippen molar-refractivity contribution in [3.63, 3.8) is 0 Å². The molecule has 0 amide bonds. The lowest BCUT2D eigenvalue weighted by Crippen LogP contribution is -1.94. The molecule has 0 N–H and O–H groups in total. The SMILES string of the molecule is Fc1cc(-c2ccc(I)cc2)ccc1-c1cc(F)c(F)c(F)c1. The summed E-state index contributed by atoms with van der Waals surface area (Å²) < 4.78 is 55.0. The lowest BCUT2D eigenvalue weighted by atomic mass is 9.99. The van der Waals surface area contributed by atoms with E-state index in [4.69, 9.17) is 0 Å². The van der Waals surface area contributed by atoms with E-state index >= 15 is 0 Å². The van der Waals surface area contributed by atoms with Crippen LogP contribution in [-0.4, -0.2) is 0 Å². The second-order valence-electron chi connectivity index (χ2n) is 4.96. The topological polar surface area (TPSA) is 0 Å². The third kappa shape index (κ3) is 3.24. The van der Waals surface area contributed by atoms with E-state index in [9.17, 15) is 17.6 Å². The largest absolute Gasteiger partial charge is 0.206 e. The molecule has 0 atom stereocenters. The minimum Gasteiger partial charge on any atom is -0.206 e. The molecule has 0 unspecified atom stereocenters. The maximum atomic E-state index is 14.3. The lowest BCUT2D eigenvalue weighted by molar-refractivity contribution is 0.447. The lowest BCUT2D eigenvalue weighted by Gasteiger charge is -2.08. The molecule has 3 rings (SSSR count). The standard InChI is InChI=1S/C18H9F4I/c19-15-7-11(10-1-4-13(23)5-2-10)3-6-14(15)12-8-16(20)18(22)17(21)9-12/h1-9H. The maximum Gasteiger partial charge on any atom is 0.194 e. The first-order valence-corrected chi connectivity index (χ1v) is 7.74. The van der Waals surface area contributed by atoms with E-state index in [0.717, 1.165) is 21.3 Å². The summed E-state index contributed by atoms with van der Waals surface area (Å²) in [6.45, 7) is 0. The summed E-state index contributed by atoms with van der Waals surface area (Å²) in [5, 5.41) is 0. The number of rotatable bonds is 2. The number of benzene rings is 3. The van der Waals surface area contributed by atoms with Crippen molar-refractivity contribution in [3.8, 4) is 22.3 Å². The highest BCUT2D eigenvalue weighted by Gasteiger charge is 2.14. The Balaban J connectivity index is 2.04. The molecule has 0 aliphatic rings. The van der Waals surface area contributed by atoms with Crippen molar-refractivity contribution in [3.05, 3.63) is 81.4 Å². The van der Waals surface area contributed by atoms with Gasteiger partial charge in [-0.05, 0) is 69.6 Å². The smallest absolute Gasteiger partial charge is 0.194 e. The first kappa shape index (κ1) is 16.0. The molecule has 0 aromatic heterocycles. The molecule has 0 fully saturated rings. The van der Waals surface area contributed by atoms with Crippen molar-refractivity contribution in [1.82, 2.24) is 0 Å². The van der Waals surface area contributed by atoms with E-state index in [1.165, 1.54) is 12.1 Å². The van der Waals surface area contributed by atoms with Gasteiger partial charge in [-0.25, -0.2) is 17.6 Å². The summed E-state index contributed by atoms with van der Waals surface area (Å²) in [5.41, 5.74) is 1.43. The van der Waals surface area contributed by atoms with Crippen LogP contribution in [0.4, 0.5) is 17.6 Å². The monoisotopic (exact) mass is 428 g/mol. The fraction of sp³-hybridized carbons (Fsp3) is 0. The molecule has 116 valence electrons.